The Balaban J connectivity index is 1.79. The quantitative estimate of drug-likeness (QED) is 0.819. The summed E-state index contributed by atoms with van der Waals surface area (Å²) in [6.07, 6.45) is 2.54. The number of nitrogen functional groups attached to an aromatic ring is 1. The number of benzene rings is 1. The standard InChI is InChI=1S/C16H25N3O3S/c1-11-9-19(10-12(2)22-11)23(20,21)18-16-5-3-4-13-8-14(17)6-7-15(13)16/h6-8,11-12,16,18H,3-5,9-10,17H2,1-2H3. The van der Waals surface area contributed by atoms with Gasteiger partial charge in [0.2, 0.25) is 0 Å². The molecule has 0 radical (unpaired) electrons. The van der Waals surface area contributed by atoms with Crippen molar-refractivity contribution in [2.75, 3.05) is 18.8 Å². The highest BCUT2D eigenvalue weighted by Crippen LogP contribution is 2.32. The molecule has 3 unspecified atom stereocenters. The van der Waals surface area contributed by atoms with Gasteiger partial charge >= 0.3 is 0 Å². The van der Waals surface area contributed by atoms with Gasteiger partial charge in [-0.3, -0.25) is 0 Å². The predicted molar refractivity (Wildman–Crippen MR) is 90.2 cm³/mol. The minimum atomic E-state index is -3.53. The highest BCUT2D eigenvalue weighted by Gasteiger charge is 2.33. The van der Waals surface area contributed by atoms with Crippen LogP contribution in [-0.2, 0) is 21.4 Å². The molecular weight excluding hydrogens is 314 g/mol. The Bertz CT molecular complexity index is 667. The Morgan fingerprint density at radius 3 is 2.65 bits per heavy atom. The molecule has 0 bridgehead atoms. The molecule has 1 aromatic carbocycles. The lowest BCUT2D eigenvalue weighted by Crippen LogP contribution is -2.52. The number of nitrogens with zero attached hydrogens (tertiary/aromatic N) is 1. The second-order valence-electron chi connectivity index (χ2n) is 6.60. The van der Waals surface area contributed by atoms with E-state index in [1.807, 2.05) is 32.0 Å². The molecule has 23 heavy (non-hydrogen) atoms. The molecule has 7 heteroatoms. The van der Waals surface area contributed by atoms with Gasteiger partial charge in [0.1, 0.15) is 0 Å². The van der Waals surface area contributed by atoms with E-state index in [2.05, 4.69) is 4.72 Å². The zero-order valence-electron chi connectivity index (χ0n) is 13.7. The van der Waals surface area contributed by atoms with Gasteiger partial charge in [0.15, 0.2) is 0 Å². The summed E-state index contributed by atoms with van der Waals surface area (Å²) < 4.78 is 35.5. The maximum absolute atomic E-state index is 12.8. The molecule has 1 aliphatic carbocycles. The van der Waals surface area contributed by atoms with E-state index < -0.39 is 10.2 Å². The first-order valence-corrected chi connectivity index (χ1v) is 9.60. The molecule has 1 aliphatic heterocycles. The second-order valence-corrected chi connectivity index (χ2v) is 8.30. The summed E-state index contributed by atoms with van der Waals surface area (Å²) in [5, 5.41) is 0. The lowest BCUT2D eigenvalue weighted by molar-refractivity contribution is -0.0444. The fraction of sp³-hybridized carbons (Fsp3) is 0.625. The van der Waals surface area contributed by atoms with Gasteiger partial charge in [0.05, 0.1) is 12.2 Å². The van der Waals surface area contributed by atoms with Crippen LogP contribution in [0.1, 0.15) is 43.9 Å². The normalized spacial score (nSPS) is 29.2. The van der Waals surface area contributed by atoms with E-state index in [0.717, 1.165) is 36.1 Å². The van der Waals surface area contributed by atoms with Crippen molar-refractivity contribution < 1.29 is 13.2 Å². The zero-order chi connectivity index (χ0) is 16.6. The molecule has 1 aromatic rings. The monoisotopic (exact) mass is 339 g/mol. The van der Waals surface area contributed by atoms with Crippen molar-refractivity contribution in [2.45, 2.75) is 51.4 Å². The summed E-state index contributed by atoms with van der Waals surface area (Å²) in [6, 6.07) is 5.55. The predicted octanol–water partition coefficient (Wildman–Crippen LogP) is 1.59. The van der Waals surface area contributed by atoms with Crippen molar-refractivity contribution in [3.8, 4) is 0 Å². The fourth-order valence-electron chi connectivity index (χ4n) is 3.54. The molecule has 0 spiro atoms. The number of hydrogen-bond acceptors (Lipinski definition) is 4. The van der Waals surface area contributed by atoms with Crippen LogP contribution in [0.15, 0.2) is 18.2 Å². The molecule has 1 fully saturated rings. The lowest BCUT2D eigenvalue weighted by atomic mass is 9.88. The van der Waals surface area contributed by atoms with Crippen LogP contribution in [0, 0.1) is 0 Å². The number of fused-ring (bicyclic) bond motifs is 1. The minimum absolute atomic E-state index is 0.0891. The first kappa shape index (κ1) is 16.7. The Morgan fingerprint density at radius 1 is 1.26 bits per heavy atom. The number of morpholine rings is 1. The van der Waals surface area contributed by atoms with Gasteiger partial charge in [0, 0.05) is 24.8 Å². The van der Waals surface area contributed by atoms with Gasteiger partial charge < -0.3 is 10.5 Å². The van der Waals surface area contributed by atoms with Gasteiger partial charge in [0.25, 0.3) is 10.2 Å². The molecule has 128 valence electrons. The molecule has 1 saturated heterocycles. The third kappa shape index (κ3) is 3.68. The van der Waals surface area contributed by atoms with Crippen LogP contribution in [0.3, 0.4) is 0 Å². The molecule has 6 nitrogen and oxygen atoms in total. The van der Waals surface area contributed by atoms with Gasteiger partial charge in [-0.1, -0.05) is 6.07 Å². The van der Waals surface area contributed by atoms with Gasteiger partial charge in [-0.2, -0.15) is 17.4 Å². The molecule has 0 amide bonds. The Hall–Kier alpha value is -1.15. The van der Waals surface area contributed by atoms with Gasteiger partial charge in [-0.15, -0.1) is 0 Å². The molecule has 0 aromatic heterocycles. The SMILES string of the molecule is CC1CN(S(=O)(=O)NC2CCCc3cc(N)ccc32)CC(C)O1. The number of rotatable bonds is 3. The van der Waals surface area contributed by atoms with Crippen molar-refractivity contribution in [1.82, 2.24) is 9.03 Å². The Morgan fingerprint density at radius 2 is 1.96 bits per heavy atom. The van der Waals surface area contributed by atoms with Crippen LogP contribution in [-0.4, -0.2) is 38.0 Å². The summed E-state index contributed by atoms with van der Waals surface area (Å²) in [6.45, 7) is 4.58. The van der Waals surface area contributed by atoms with Crippen LogP contribution in [0.25, 0.3) is 0 Å². The van der Waals surface area contributed by atoms with E-state index in [1.165, 1.54) is 4.31 Å². The molecule has 2 aliphatic rings. The van der Waals surface area contributed by atoms with E-state index >= 15 is 0 Å². The summed E-state index contributed by atoms with van der Waals surface area (Å²) >= 11 is 0. The van der Waals surface area contributed by atoms with Crippen molar-refractivity contribution in [2.24, 2.45) is 0 Å². The first-order valence-electron chi connectivity index (χ1n) is 8.16. The topological polar surface area (TPSA) is 84.7 Å². The number of aryl methyl sites for hydroxylation is 1. The van der Waals surface area contributed by atoms with Crippen molar-refractivity contribution >= 4 is 15.9 Å². The van der Waals surface area contributed by atoms with Crippen molar-refractivity contribution in [1.29, 1.82) is 0 Å². The van der Waals surface area contributed by atoms with E-state index in [-0.39, 0.29) is 18.2 Å². The summed E-state index contributed by atoms with van der Waals surface area (Å²) in [5.41, 5.74) is 8.76. The van der Waals surface area contributed by atoms with Crippen LogP contribution in [0.5, 0.6) is 0 Å². The third-order valence-electron chi connectivity index (χ3n) is 4.50. The Kier molecular flexibility index (Phi) is 4.64. The number of anilines is 1. The van der Waals surface area contributed by atoms with Crippen LogP contribution >= 0.6 is 0 Å². The van der Waals surface area contributed by atoms with Crippen LogP contribution in [0.2, 0.25) is 0 Å². The smallest absolute Gasteiger partial charge is 0.280 e. The third-order valence-corrected chi connectivity index (χ3v) is 6.06. The molecular formula is C16H25N3O3S. The highest BCUT2D eigenvalue weighted by molar-refractivity contribution is 7.87. The summed E-state index contributed by atoms with van der Waals surface area (Å²) in [4.78, 5) is 0. The van der Waals surface area contributed by atoms with E-state index in [1.54, 1.807) is 0 Å². The molecule has 3 rings (SSSR count). The van der Waals surface area contributed by atoms with Crippen LogP contribution in [0.4, 0.5) is 5.69 Å². The molecule has 0 saturated carbocycles. The average Bonchev–Trinajstić information content (AvgIpc) is 2.45. The van der Waals surface area contributed by atoms with E-state index in [4.69, 9.17) is 10.5 Å². The second kappa shape index (κ2) is 6.39. The van der Waals surface area contributed by atoms with Gasteiger partial charge in [-0.25, -0.2) is 0 Å². The van der Waals surface area contributed by atoms with Crippen molar-refractivity contribution in [3.05, 3.63) is 29.3 Å². The first-order chi connectivity index (χ1) is 10.8. The average molecular weight is 339 g/mol. The van der Waals surface area contributed by atoms with Gasteiger partial charge in [-0.05, 0) is 56.4 Å². The molecule has 3 atom stereocenters. The number of nitrogens with two attached hydrogens (primary N) is 1. The lowest BCUT2D eigenvalue weighted by Gasteiger charge is -2.36. The summed E-state index contributed by atoms with van der Waals surface area (Å²) in [5.74, 6) is 0. The highest BCUT2D eigenvalue weighted by atomic mass is 32.2. The molecule has 3 N–H and O–H groups in total. The largest absolute Gasteiger partial charge is 0.399 e. The van der Waals surface area contributed by atoms with Crippen molar-refractivity contribution in [3.63, 3.8) is 0 Å². The Labute approximate surface area is 138 Å². The maximum atomic E-state index is 12.8. The number of ether oxygens (including phenoxy) is 1. The van der Waals surface area contributed by atoms with E-state index in [9.17, 15) is 8.42 Å². The number of nitrogens with one attached hydrogen (secondary N) is 1. The maximum Gasteiger partial charge on any atom is 0.280 e. The van der Waals surface area contributed by atoms with E-state index in [0.29, 0.717) is 13.1 Å². The fourth-order valence-corrected chi connectivity index (χ4v) is 5.10. The number of hydrogen-bond donors (Lipinski definition) is 2. The molecule has 1 heterocycles. The minimum Gasteiger partial charge on any atom is -0.399 e. The van der Waals surface area contributed by atoms with Crippen LogP contribution < -0.4 is 10.5 Å². The summed E-state index contributed by atoms with van der Waals surface area (Å²) in [7, 11) is -3.53. The zero-order valence-corrected chi connectivity index (χ0v) is 14.5.